The Balaban J connectivity index is 1.92. The van der Waals surface area contributed by atoms with E-state index in [1.54, 1.807) is 0 Å². The molecule has 1 amide bonds. The topological polar surface area (TPSA) is 57.5 Å². The van der Waals surface area contributed by atoms with E-state index < -0.39 is 23.5 Å². The molecule has 116 valence electrons. The number of halogens is 3. The van der Waals surface area contributed by atoms with Gasteiger partial charge in [-0.25, -0.2) is 4.79 Å². The molecule has 3 rings (SSSR count). The number of alkyl halides is 3. The molecule has 0 saturated carbocycles. The second kappa shape index (κ2) is 4.66. The third kappa shape index (κ3) is 2.27. The van der Waals surface area contributed by atoms with Crippen LogP contribution in [0, 0.1) is 0 Å². The minimum atomic E-state index is -4.36. The number of nitrogens with one attached hydrogen (secondary N) is 1. The van der Waals surface area contributed by atoms with Crippen LogP contribution in [0.15, 0.2) is 12.1 Å². The highest BCUT2D eigenvalue weighted by atomic mass is 19.4. The number of amides is 1. The van der Waals surface area contributed by atoms with Crippen molar-refractivity contribution in [2.45, 2.75) is 31.1 Å². The molecule has 21 heavy (non-hydrogen) atoms. The number of piperidine rings is 1. The molecule has 1 spiro atoms. The summed E-state index contributed by atoms with van der Waals surface area (Å²) in [6.07, 6.45) is -4.37. The van der Waals surface area contributed by atoms with Gasteiger partial charge in [0.1, 0.15) is 5.69 Å². The van der Waals surface area contributed by atoms with E-state index in [0.29, 0.717) is 38.2 Å². The largest absolute Gasteiger partial charge is 0.465 e. The number of likely N-dealkylation sites (tertiary alicyclic amines) is 1. The molecule has 1 saturated heterocycles. The lowest BCUT2D eigenvalue weighted by Gasteiger charge is -2.45. The number of rotatable bonds is 0. The molecule has 2 aliphatic heterocycles. The minimum Gasteiger partial charge on any atom is -0.465 e. The molecule has 0 aliphatic carbocycles. The van der Waals surface area contributed by atoms with Crippen molar-refractivity contribution in [2.24, 2.45) is 0 Å². The Morgan fingerprint density at radius 2 is 1.90 bits per heavy atom. The molecule has 5 nitrogen and oxygen atoms in total. The highest BCUT2D eigenvalue weighted by Gasteiger charge is 2.44. The number of nitrogens with zero attached hydrogens (tertiary/aromatic N) is 2. The predicted octanol–water partition coefficient (Wildman–Crippen LogP) is 2.08. The van der Waals surface area contributed by atoms with Gasteiger partial charge in [0.2, 0.25) is 0 Å². The van der Waals surface area contributed by atoms with Crippen LogP contribution in [-0.2, 0) is 18.3 Å². The highest BCUT2D eigenvalue weighted by Crippen LogP contribution is 2.39. The lowest BCUT2D eigenvalue weighted by Crippen LogP contribution is -2.56. The average molecular weight is 303 g/mol. The fourth-order valence-electron chi connectivity index (χ4n) is 3.38. The van der Waals surface area contributed by atoms with Crippen LogP contribution in [0.3, 0.4) is 0 Å². The van der Waals surface area contributed by atoms with Gasteiger partial charge in [-0.3, -0.25) is 0 Å². The molecule has 1 aromatic rings. The third-order valence-corrected chi connectivity index (χ3v) is 4.45. The van der Waals surface area contributed by atoms with Gasteiger partial charge in [-0.1, -0.05) is 0 Å². The Bertz CT molecular complexity index is 559. The van der Waals surface area contributed by atoms with E-state index in [-0.39, 0.29) is 6.54 Å². The Morgan fingerprint density at radius 3 is 2.48 bits per heavy atom. The van der Waals surface area contributed by atoms with Crippen molar-refractivity contribution < 1.29 is 23.1 Å². The van der Waals surface area contributed by atoms with E-state index in [2.05, 4.69) is 5.32 Å². The number of hydrogen-bond donors (Lipinski definition) is 2. The van der Waals surface area contributed by atoms with Crippen LogP contribution in [0.5, 0.6) is 0 Å². The van der Waals surface area contributed by atoms with Crippen molar-refractivity contribution in [2.75, 3.05) is 19.6 Å². The zero-order chi connectivity index (χ0) is 15.3. The Labute approximate surface area is 119 Å². The molecule has 1 aromatic heterocycles. The summed E-state index contributed by atoms with van der Waals surface area (Å²) in [5.74, 6) is 0. The first-order valence-corrected chi connectivity index (χ1v) is 6.84. The molecule has 8 heteroatoms. The van der Waals surface area contributed by atoms with Crippen molar-refractivity contribution in [1.82, 2.24) is 14.8 Å². The molecule has 3 heterocycles. The molecule has 1 fully saturated rings. The van der Waals surface area contributed by atoms with Gasteiger partial charge in [0.25, 0.3) is 0 Å². The van der Waals surface area contributed by atoms with Gasteiger partial charge in [0, 0.05) is 31.9 Å². The molecule has 2 N–H and O–H groups in total. The van der Waals surface area contributed by atoms with E-state index in [9.17, 15) is 18.0 Å². The summed E-state index contributed by atoms with van der Waals surface area (Å²) >= 11 is 0. The summed E-state index contributed by atoms with van der Waals surface area (Å²) in [6.45, 7) is 1.39. The van der Waals surface area contributed by atoms with Crippen molar-refractivity contribution in [3.8, 4) is 0 Å². The Hall–Kier alpha value is -1.70. The van der Waals surface area contributed by atoms with Crippen LogP contribution in [0.4, 0.5) is 18.0 Å². The first kappa shape index (κ1) is 14.2. The zero-order valence-corrected chi connectivity index (χ0v) is 11.3. The first-order valence-electron chi connectivity index (χ1n) is 6.84. The molecule has 0 bridgehead atoms. The van der Waals surface area contributed by atoms with Gasteiger partial charge in [-0.05, 0) is 25.0 Å². The fourth-order valence-corrected chi connectivity index (χ4v) is 3.38. The van der Waals surface area contributed by atoms with Crippen molar-refractivity contribution in [1.29, 1.82) is 0 Å². The molecular formula is C13H16F3N3O2. The van der Waals surface area contributed by atoms with Crippen LogP contribution < -0.4 is 5.32 Å². The smallest absolute Gasteiger partial charge is 0.431 e. The molecule has 0 unspecified atom stereocenters. The average Bonchev–Trinajstić information content (AvgIpc) is 2.85. The second-order valence-corrected chi connectivity index (χ2v) is 5.53. The monoisotopic (exact) mass is 303 g/mol. The van der Waals surface area contributed by atoms with Crippen molar-refractivity contribution in [3.63, 3.8) is 0 Å². The first-order chi connectivity index (χ1) is 9.83. The number of fused-ring (bicyclic) bond motifs is 2. The van der Waals surface area contributed by atoms with E-state index in [0.717, 1.165) is 6.07 Å². The second-order valence-electron chi connectivity index (χ2n) is 5.53. The molecule has 0 radical (unpaired) electrons. The maximum absolute atomic E-state index is 13.0. The summed E-state index contributed by atoms with van der Waals surface area (Å²) in [7, 11) is 0. The third-order valence-electron chi connectivity index (χ3n) is 4.45. The number of aromatic nitrogens is 1. The lowest BCUT2D eigenvalue weighted by atomic mass is 9.83. The standard InChI is InChI=1S/C13H16F3N3O2/c14-13(15,16)10-2-1-9-12(17-5-8-19(9)10)3-6-18(7-4-12)11(20)21/h1-2,17H,3-8H2,(H,20,21). The summed E-state index contributed by atoms with van der Waals surface area (Å²) in [5.41, 5.74) is -0.557. The fraction of sp³-hybridized carbons (Fsp3) is 0.615. The summed E-state index contributed by atoms with van der Waals surface area (Å²) in [5, 5.41) is 12.3. The van der Waals surface area contributed by atoms with Crippen LogP contribution >= 0.6 is 0 Å². The number of carbonyl (C=O) groups is 1. The van der Waals surface area contributed by atoms with Gasteiger partial charge in [0.15, 0.2) is 0 Å². The maximum atomic E-state index is 13.0. The SMILES string of the molecule is O=C(O)N1CCC2(CC1)NCCn1c(C(F)(F)F)ccc12. The van der Waals surface area contributed by atoms with E-state index in [1.165, 1.54) is 15.5 Å². The van der Waals surface area contributed by atoms with Gasteiger partial charge in [-0.2, -0.15) is 13.2 Å². The molecule has 2 aliphatic rings. The Kier molecular flexibility index (Phi) is 3.16. The molecule has 0 atom stereocenters. The number of hydrogen-bond acceptors (Lipinski definition) is 2. The molecular weight excluding hydrogens is 287 g/mol. The van der Waals surface area contributed by atoms with Gasteiger partial charge >= 0.3 is 12.3 Å². The quantitative estimate of drug-likeness (QED) is 0.771. The summed E-state index contributed by atoms with van der Waals surface area (Å²) in [4.78, 5) is 12.3. The Morgan fingerprint density at radius 1 is 1.24 bits per heavy atom. The minimum absolute atomic E-state index is 0.279. The number of carboxylic acid groups (broad SMARTS) is 1. The summed E-state index contributed by atoms with van der Waals surface area (Å²) < 4.78 is 40.3. The van der Waals surface area contributed by atoms with E-state index in [4.69, 9.17) is 5.11 Å². The predicted molar refractivity (Wildman–Crippen MR) is 67.9 cm³/mol. The van der Waals surface area contributed by atoms with Crippen LogP contribution in [0.2, 0.25) is 0 Å². The normalized spacial score (nSPS) is 21.4. The van der Waals surface area contributed by atoms with Crippen molar-refractivity contribution >= 4 is 6.09 Å². The lowest BCUT2D eigenvalue weighted by molar-refractivity contribution is -0.144. The van der Waals surface area contributed by atoms with Crippen LogP contribution in [0.1, 0.15) is 24.2 Å². The highest BCUT2D eigenvalue weighted by molar-refractivity contribution is 5.65. The van der Waals surface area contributed by atoms with Crippen molar-refractivity contribution in [3.05, 3.63) is 23.5 Å². The molecule has 0 aromatic carbocycles. The van der Waals surface area contributed by atoms with E-state index >= 15 is 0 Å². The van der Waals surface area contributed by atoms with Gasteiger partial charge in [0.05, 0.1) is 5.54 Å². The maximum Gasteiger partial charge on any atom is 0.431 e. The zero-order valence-electron chi connectivity index (χ0n) is 11.3. The van der Waals surface area contributed by atoms with Gasteiger partial charge in [-0.15, -0.1) is 0 Å². The van der Waals surface area contributed by atoms with Crippen LogP contribution in [-0.4, -0.2) is 40.3 Å². The van der Waals surface area contributed by atoms with E-state index in [1.807, 2.05) is 0 Å². The van der Waals surface area contributed by atoms with Crippen LogP contribution in [0.25, 0.3) is 0 Å². The van der Waals surface area contributed by atoms with Gasteiger partial charge < -0.3 is 19.9 Å². The summed E-state index contributed by atoms with van der Waals surface area (Å²) in [6, 6.07) is 2.64.